The normalized spacial score (nSPS) is 17.2. The highest BCUT2D eigenvalue weighted by Gasteiger charge is 2.28. The van der Waals surface area contributed by atoms with Gasteiger partial charge < -0.3 is 19.3 Å². The van der Waals surface area contributed by atoms with Crippen molar-refractivity contribution in [3.63, 3.8) is 0 Å². The molecule has 2 aliphatic rings. The molecule has 42 heavy (non-hydrogen) atoms. The largest absolute Gasteiger partial charge is 0.481 e. The second-order valence-electron chi connectivity index (χ2n) is 11.3. The summed E-state index contributed by atoms with van der Waals surface area (Å²) in [6.45, 7) is 7.74. The van der Waals surface area contributed by atoms with Gasteiger partial charge in [-0.05, 0) is 78.9 Å². The fourth-order valence-electron chi connectivity index (χ4n) is 6.25. The number of carbonyl (C=O) groups is 1. The van der Waals surface area contributed by atoms with Gasteiger partial charge in [-0.15, -0.1) is 0 Å². The SMILES string of the molecule is Cc1c(-c2nc3c(o2)CCNC3)cccc1-c1cccc(-c2nc3cc(CN4CC[C@@H](C(=O)O)C4)cc(Cl)c3o2)c1C. The molecule has 1 saturated heterocycles. The van der Waals surface area contributed by atoms with Crippen molar-refractivity contribution >= 4 is 28.7 Å². The van der Waals surface area contributed by atoms with Gasteiger partial charge in [0.15, 0.2) is 5.58 Å². The first-order chi connectivity index (χ1) is 20.4. The van der Waals surface area contributed by atoms with Gasteiger partial charge in [0.2, 0.25) is 11.8 Å². The Labute approximate surface area is 248 Å². The summed E-state index contributed by atoms with van der Waals surface area (Å²) in [4.78, 5) is 23.2. The number of aromatic nitrogens is 2. The minimum absolute atomic E-state index is 0.319. The first-order valence-electron chi connectivity index (χ1n) is 14.3. The molecule has 0 bridgehead atoms. The summed E-state index contributed by atoms with van der Waals surface area (Å²) in [5, 5.41) is 13.2. The van der Waals surface area contributed by atoms with Gasteiger partial charge in [0, 0.05) is 43.7 Å². The molecule has 1 fully saturated rings. The van der Waals surface area contributed by atoms with Crippen LogP contribution in [-0.2, 0) is 24.3 Å². The molecule has 7 rings (SSSR count). The van der Waals surface area contributed by atoms with E-state index in [-0.39, 0.29) is 5.92 Å². The molecule has 1 atom stereocenters. The van der Waals surface area contributed by atoms with Crippen LogP contribution in [0, 0.1) is 19.8 Å². The minimum Gasteiger partial charge on any atom is -0.481 e. The number of carboxylic acids is 1. The molecular weight excluding hydrogens is 552 g/mol. The van der Waals surface area contributed by atoms with E-state index in [2.05, 4.69) is 42.3 Å². The van der Waals surface area contributed by atoms with Crippen LogP contribution >= 0.6 is 11.6 Å². The second kappa shape index (κ2) is 10.7. The van der Waals surface area contributed by atoms with Crippen LogP contribution in [0.4, 0.5) is 0 Å². The molecule has 4 heterocycles. The van der Waals surface area contributed by atoms with Gasteiger partial charge >= 0.3 is 5.97 Å². The van der Waals surface area contributed by atoms with E-state index in [1.54, 1.807) is 0 Å². The standard InChI is InChI=1S/C33H31ClN4O4/c1-18-22(5-3-7-24(18)31-37-28-15-35-11-9-29(28)41-31)23-6-4-8-25(19(23)2)32-36-27-14-20(13-26(34)30(27)42-32)16-38-12-10-21(17-38)33(39)40/h3-8,13-14,21,35H,9-12,15-17H2,1-2H3,(H,39,40)/t21-/m1/s1. The number of hydrogen-bond acceptors (Lipinski definition) is 7. The van der Waals surface area contributed by atoms with Crippen LogP contribution in [0.1, 0.15) is 34.6 Å². The number of hydrogen-bond donors (Lipinski definition) is 2. The Hall–Kier alpha value is -3.98. The van der Waals surface area contributed by atoms with Crippen LogP contribution in [0.2, 0.25) is 5.02 Å². The predicted octanol–water partition coefficient (Wildman–Crippen LogP) is 6.64. The highest BCUT2D eigenvalue weighted by Crippen LogP contribution is 2.38. The third-order valence-corrected chi connectivity index (χ3v) is 8.83. The molecule has 0 radical (unpaired) electrons. The lowest BCUT2D eigenvalue weighted by Gasteiger charge is -2.15. The van der Waals surface area contributed by atoms with Crippen LogP contribution in [0.25, 0.3) is 45.1 Å². The Morgan fingerprint density at radius 1 is 1.02 bits per heavy atom. The van der Waals surface area contributed by atoms with Crippen molar-refractivity contribution in [2.45, 2.75) is 39.8 Å². The Morgan fingerprint density at radius 3 is 2.38 bits per heavy atom. The molecule has 2 aromatic heterocycles. The maximum Gasteiger partial charge on any atom is 0.307 e. The zero-order valence-electron chi connectivity index (χ0n) is 23.5. The van der Waals surface area contributed by atoms with E-state index in [0.717, 1.165) is 76.5 Å². The van der Waals surface area contributed by atoms with E-state index in [9.17, 15) is 9.90 Å². The van der Waals surface area contributed by atoms with E-state index in [0.29, 0.717) is 47.4 Å². The fraction of sp³-hybridized carbons (Fsp3) is 0.303. The van der Waals surface area contributed by atoms with Gasteiger partial charge in [0.05, 0.1) is 16.6 Å². The molecule has 8 nitrogen and oxygen atoms in total. The smallest absolute Gasteiger partial charge is 0.307 e. The Bertz CT molecular complexity index is 1820. The van der Waals surface area contributed by atoms with E-state index >= 15 is 0 Å². The molecule has 0 aliphatic carbocycles. The molecule has 5 aromatic rings. The van der Waals surface area contributed by atoms with Crippen molar-refractivity contribution in [2.24, 2.45) is 5.92 Å². The Balaban J connectivity index is 1.21. The Kier molecular flexibility index (Phi) is 6.85. The van der Waals surface area contributed by atoms with E-state index in [1.165, 1.54) is 0 Å². The molecule has 2 N–H and O–H groups in total. The van der Waals surface area contributed by atoms with Gasteiger partial charge in [-0.1, -0.05) is 35.9 Å². The maximum atomic E-state index is 11.4. The summed E-state index contributed by atoms with van der Waals surface area (Å²) in [5.74, 6) is 1.08. The number of rotatable bonds is 6. The van der Waals surface area contributed by atoms with Crippen LogP contribution in [0.15, 0.2) is 57.4 Å². The first kappa shape index (κ1) is 26.9. The number of halogens is 1. The van der Waals surface area contributed by atoms with Crippen LogP contribution in [0.5, 0.6) is 0 Å². The van der Waals surface area contributed by atoms with Gasteiger partial charge in [0.1, 0.15) is 11.3 Å². The summed E-state index contributed by atoms with van der Waals surface area (Å²) in [6, 6.07) is 16.3. The number of oxazole rings is 2. The summed E-state index contributed by atoms with van der Waals surface area (Å²) in [6.07, 6.45) is 1.51. The van der Waals surface area contributed by atoms with Gasteiger partial charge in [0.25, 0.3) is 0 Å². The van der Waals surface area contributed by atoms with Crippen molar-refractivity contribution in [1.82, 2.24) is 20.2 Å². The molecule has 9 heteroatoms. The molecular formula is C33H31ClN4O4. The summed E-state index contributed by atoms with van der Waals surface area (Å²) < 4.78 is 12.4. The van der Waals surface area contributed by atoms with E-state index in [1.807, 2.05) is 30.3 Å². The van der Waals surface area contributed by atoms with Crippen LogP contribution in [0.3, 0.4) is 0 Å². The van der Waals surface area contributed by atoms with Crippen molar-refractivity contribution in [1.29, 1.82) is 0 Å². The molecule has 0 spiro atoms. The summed E-state index contributed by atoms with van der Waals surface area (Å²) in [5.41, 5.74) is 9.42. The van der Waals surface area contributed by atoms with Crippen molar-refractivity contribution in [3.05, 3.63) is 81.7 Å². The predicted molar refractivity (Wildman–Crippen MR) is 161 cm³/mol. The van der Waals surface area contributed by atoms with Crippen molar-refractivity contribution < 1.29 is 18.7 Å². The third-order valence-electron chi connectivity index (χ3n) is 8.55. The molecule has 0 unspecified atom stereocenters. The van der Waals surface area contributed by atoms with Gasteiger partial charge in [-0.2, -0.15) is 0 Å². The number of likely N-dealkylation sites (tertiary alicyclic amines) is 1. The number of nitrogens with zero attached hydrogens (tertiary/aromatic N) is 3. The molecule has 214 valence electrons. The lowest BCUT2D eigenvalue weighted by atomic mass is 9.91. The molecule has 2 aliphatic heterocycles. The topological polar surface area (TPSA) is 105 Å². The summed E-state index contributed by atoms with van der Waals surface area (Å²) in [7, 11) is 0. The highest BCUT2D eigenvalue weighted by atomic mass is 35.5. The lowest BCUT2D eigenvalue weighted by molar-refractivity contribution is -0.141. The number of carboxylic acid groups (broad SMARTS) is 1. The summed E-state index contributed by atoms with van der Waals surface area (Å²) >= 11 is 6.66. The van der Waals surface area contributed by atoms with Gasteiger partial charge in [-0.25, -0.2) is 9.97 Å². The quantitative estimate of drug-likeness (QED) is 0.230. The lowest BCUT2D eigenvalue weighted by Crippen LogP contribution is -2.22. The number of nitrogens with one attached hydrogen (secondary N) is 1. The van der Waals surface area contributed by atoms with Gasteiger partial charge in [-0.3, -0.25) is 9.69 Å². The minimum atomic E-state index is -0.736. The first-order valence-corrected chi connectivity index (χ1v) is 14.7. The molecule has 0 saturated carbocycles. The average molecular weight is 583 g/mol. The maximum absolute atomic E-state index is 11.4. The molecule has 0 amide bonds. The second-order valence-corrected chi connectivity index (χ2v) is 11.7. The number of aliphatic carboxylic acids is 1. The fourth-order valence-corrected chi connectivity index (χ4v) is 6.52. The van der Waals surface area contributed by atoms with E-state index < -0.39 is 5.97 Å². The monoisotopic (exact) mass is 582 g/mol. The zero-order chi connectivity index (χ0) is 29.0. The molecule has 3 aromatic carbocycles. The van der Waals surface area contributed by atoms with Crippen LogP contribution in [-0.4, -0.2) is 45.6 Å². The van der Waals surface area contributed by atoms with Crippen molar-refractivity contribution in [3.8, 4) is 34.0 Å². The zero-order valence-corrected chi connectivity index (χ0v) is 24.3. The van der Waals surface area contributed by atoms with E-state index in [4.69, 9.17) is 30.4 Å². The number of benzene rings is 3. The number of fused-ring (bicyclic) bond motifs is 2. The third kappa shape index (κ3) is 4.79. The highest BCUT2D eigenvalue weighted by molar-refractivity contribution is 6.34. The van der Waals surface area contributed by atoms with Crippen LogP contribution < -0.4 is 5.32 Å². The van der Waals surface area contributed by atoms with Crippen molar-refractivity contribution in [2.75, 3.05) is 19.6 Å². The average Bonchev–Trinajstić information content (AvgIpc) is 3.72. The Morgan fingerprint density at radius 2 is 1.71 bits per heavy atom.